The summed E-state index contributed by atoms with van der Waals surface area (Å²) in [6.07, 6.45) is 4.15. The van der Waals surface area contributed by atoms with Crippen LogP contribution < -0.4 is 10.2 Å². The summed E-state index contributed by atoms with van der Waals surface area (Å²) in [4.78, 5) is 49.2. The minimum absolute atomic E-state index is 0.0129. The van der Waals surface area contributed by atoms with Crippen LogP contribution in [0, 0.1) is 5.92 Å². The fraction of sp³-hybridized carbons (Fsp3) is 0.679. The molecule has 0 unspecified atom stereocenters. The zero-order valence-electron chi connectivity index (χ0n) is 22.9. The van der Waals surface area contributed by atoms with Crippen LogP contribution in [0.5, 0.6) is 0 Å². The number of amides is 2. The zero-order valence-corrected chi connectivity index (χ0v) is 22.9. The number of azide groups is 1. The molecule has 3 aliphatic heterocycles. The topological polar surface area (TPSA) is 131 Å². The molecule has 1 aliphatic carbocycles. The molecule has 0 aromatic heterocycles. The molecule has 2 amide bonds. The Kier molecular flexibility index (Phi) is 8.40. The van der Waals surface area contributed by atoms with Gasteiger partial charge in [0, 0.05) is 54.9 Å². The third kappa shape index (κ3) is 5.76. The number of hydrogen-bond acceptors (Lipinski definition) is 7. The van der Waals surface area contributed by atoms with Crippen LogP contribution in [-0.4, -0.2) is 97.0 Å². The number of hydrogen-bond donors (Lipinski definition) is 1. The van der Waals surface area contributed by atoms with E-state index in [1.165, 1.54) is 4.90 Å². The number of piperazine rings is 1. The van der Waals surface area contributed by atoms with Gasteiger partial charge in [0.1, 0.15) is 18.7 Å². The highest BCUT2D eigenvalue weighted by Crippen LogP contribution is 2.33. The predicted molar refractivity (Wildman–Crippen MR) is 146 cm³/mol. The lowest BCUT2D eigenvalue weighted by Gasteiger charge is -2.38. The molecule has 39 heavy (non-hydrogen) atoms. The first-order valence-electron chi connectivity index (χ1n) is 14.3. The molecule has 0 spiro atoms. The number of carbonyl (C=O) groups excluding carboxylic acids is 3. The third-order valence-corrected chi connectivity index (χ3v) is 8.85. The first-order chi connectivity index (χ1) is 18.9. The summed E-state index contributed by atoms with van der Waals surface area (Å²) in [5, 5.41) is 6.82. The third-order valence-electron chi connectivity index (χ3n) is 8.85. The van der Waals surface area contributed by atoms with Crippen molar-refractivity contribution in [1.29, 1.82) is 0 Å². The number of carbonyl (C=O) groups is 3. The number of anilines is 1. The Balaban J connectivity index is 1.30. The molecule has 210 valence electrons. The van der Waals surface area contributed by atoms with Gasteiger partial charge in [0.2, 0.25) is 5.91 Å². The summed E-state index contributed by atoms with van der Waals surface area (Å²) in [5.74, 6) is -0.797. The van der Waals surface area contributed by atoms with Crippen LogP contribution in [0.4, 0.5) is 5.69 Å². The summed E-state index contributed by atoms with van der Waals surface area (Å²) < 4.78 is 5.59. The van der Waals surface area contributed by atoms with Gasteiger partial charge >= 0.3 is 0 Å². The van der Waals surface area contributed by atoms with Crippen molar-refractivity contribution in [2.24, 2.45) is 11.0 Å². The van der Waals surface area contributed by atoms with Crippen LogP contribution >= 0.6 is 0 Å². The van der Waals surface area contributed by atoms with Crippen LogP contribution in [0.25, 0.3) is 10.4 Å². The average Bonchev–Trinajstić information content (AvgIpc) is 3.52. The van der Waals surface area contributed by atoms with E-state index in [2.05, 4.69) is 39.0 Å². The van der Waals surface area contributed by atoms with E-state index in [-0.39, 0.29) is 36.7 Å². The largest absolute Gasteiger partial charge is 0.369 e. The summed E-state index contributed by atoms with van der Waals surface area (Å²) in [7, 11) is 0. The number of fused-ring (bicyclic) bond motifs is 1. The van der Waals surface area contributed by atoms with Crippen LogP contribution in [0.3, 0.4) is 0 Å². The molecule has 4 atom stereocenters. The van der Waals surface area contributed by atoms with E-state index in [1.807, 2.05) is 24.3 Å². The molecule has 3 heterocycles. The highest BCUT2D eigenvalue weighted by Gasteiger charge is 2.53. The molecule has 3 saturated heterocycles. The lowest BCUT2D eigenvalue weighted by atomic mass is 9.83. The lowest BCUT2D eigenvalue weighted by molar-refractivity contribution is -0.139. The average molecular weight is 538 g/mol. The molecular weight excluding hydrogens is 498 g/mol. The zero-order chi connectivity index (χ0) is 27.5. The van der Waals surface area contributed by atoms with Gasteiger partial charge in [-0.25, -0.2) is 0 Å². The Morgan fingerprint density at radius 3 is 2.41 bits per heavy atom. The van der Waals surface area contributed by atoms with E-state index < -0.39 is 24.2 Å². The quantitative estimate of drug-likeness (QED) is 0.323. The maximum absolute atomic E-state index is 13.9. The second-order valence-electron chi connectivity index (χ2n) is 11.5. The lowest BCUT2D eigenvalue weighted by Crippen LogP contribution is -2.55. The van der Waals surface area contributed by atoms with Crippen molar-refractivity contribution >= 4 is 23.3 Å². The maximum Gasteiger partial charge on any atom is 0.251 e. The summed E-state index contributed by atoms with van der Waals surface area (Å²) in [6.45, 7) is 8.36. The number of nitrogens with zero attached hydrogens (tertiary/aromatic N) is 6. The fourth-order valence-corrected chi connectivity index (χ4v) is 6.60. The smallest absolute Gasteiger partial charge is 0.251 e. The number of ether oxygens (including phenoxy) is 1. The monoisotopic (exact) mass is 537 g/mol. The number of benzene rings is 1. The number of likely N-dealkylation sites (tertiary alicyclic amines) is 1. The SMILES string of the molecule is CC(C)N1CCN(c2ccc(C(=O)N[C@H](C(=O)N3C[C@@H](N=[N+]=[N-])[C@H]4OCC(=O)[C@H]43)C3CCCCC3)cc2)CC1. The van der Waals surface area contributed by atoms with E-state index in [9.17, 15) is 14.4 Å². The maximum atomic E-state index is 13.9. The molecule has 4 aliphatic rings. The summed E-state index contributed by atoms with van der Waals surface area (Å²) in [5.41, 5.74) is 10.6. The molecule has 1 aromatic carbocycles. The highest BCUT2D eigenvalue weighted by molar-refractivity contribution is 5.99. The summed E-state index contributed by atoms with van der Waals surface area (Å²) >= 11 is 0. The van der Waals surface area contributed by atoms with Crippen molar-refractivity contribution in [3.63, 3.8) is 0 Å². The van der Waals surface area contributed by atoms with Gasteiger partial charge in [0.05, 0.1) is 12.1 Å². The van der Waals surface area contributed by atoms with Crippen LogP contribution in [0.2, 0.25) is 0 Å². The standard InChI is InChI=1S/C28H39N7O4/c1-18(2)33-12-14-34(15-13-33)21-10-8-20(9-11-21)27(37)30-24(19-6-4-3-5-7-19)28(38)35-16-22(31-32-29)26-25(35)23(36)17-39-26/h8-11,18-19,22,24-26H,3-7,12-17H2,1-2H3,(H,30,37)/t22-,24+,25-,26-/m1/s1. The molecule has 1 N–H and O–H groups in total. The van der Waals surface area contributed by atoms with E-state index in [1.54, 1.807) is 0 Å². The fourth-order valence-electron chi connectivity index (χ4n) is 6.60. The Morgan fingerprint density at radius 1 is 1.08 bits per heavy atom. The molecule has 0 radical (unpaired) electrons. The van der Waals surface area contributed by atoms with Crippen molar-refractivity contribution in [1.82, 2.24) is 15.1 Å². The van der Waals surface area contributed by atoms with Gasteiger partial charge in [-0.05, 0) is 62.4 Å². The molecule has 11 nitrogen and oxygen atoms in total. The van der Waals surface area contributed by atoms with Crippen molar-refractivity contribution < 1.29 is 19.1 Å². The normalized spacial score (nSPS) is 26.8. The van der Waals surface area contributed by atoms with Gasteiger partial charge in [0.25, 0.3) is 5.91 Å². The van der Waals surface area contributed by atoms with Gasteiger partial charge in [-0.2, -0.15) is 0 Å². The minimum atomic E-state index is -0.772. The van der Waals surface area contributed by atoms with E-state index in [0.717, 1.165) is 64.0 Å². The van der Waals surface area contributed by atoms with E-state index >= 15 is 0 Å². The summed E-state index contributed by atoms with van der Waals surface area (Å²) in [6, 6.07) is 5.98. The van der Waals surface area contributed by atoms with E-state index in [4.69, 9.17) is 10.3 Å². The molecule has 4 fully saturated rings. The van der Waals surface area contributed by atoms with Crippen molar-refractivity contribution in [3.8, 4) is 0 Å². The number of ketones is 1. The number of Topliss-reactive ketones (excluding diaryl/α,β-unsaturated/α-hetero) is 1. The van der Waals surface area contributed by atoms with Gasteiger partial charge < -0.3 is 19.9 Å². The first-order valence-corrected chi connectivity index (χ1v) is 14.3. The molecule has 5 rings (SSSR count). The Labute approximate surface area is 229 Å². The van der Waals surface area contributed by atoms with Crippen molar-refractivity contribution in [3.05, 3.63) is 40.3 Å². The molecule has 1 saturated carbocycles. The Hall–Kier alpha value is -3.14. The van der Waals surface area contributed by atoms with Crippen LogP contribution in [0.15, 0.2) is 29.4 Å². The van der Waals surface area contributed by atoms with Crippen molar-refractivity contribution in [2.45, 2.75) is 76.2 Å². The van der Waals surface area contributed by atoms with Gasteiger partial charge in [-0.1, -0.05) is 24.4 Å². The Bertz CT molecular complexity index is 1110. The predicted octanol–water partition coefficient (Wildman–Crippen LogP) is 2.75. The first kappa shape index (κ1) is 27.4. The van der Waals surface area contributed by atoms with Gasteiger partial charge in [0.15, 0.2) is 5.78 Å². The molecule has 11 heteroatoms. The molecular formula is C28H39N7O4. The van der Waals surface area contributed by atoms with Gasteiger partial charge in [-0.3, -0.25) is 19.3 Å². The highest BCUT2D eigenvalue weighted by atomic mass is 16.5. The van der Waals surface area contributed by atoms with Crippen LogP contribution in [0.1, 0.15) is 56.3 Å². The minimum Gasteiger partial charge on any atom is -0.369 e. The Morgan fingerprint density at radius 2 is 1.77 bits per heavy atom. The van der Waals surface area contributed by atoms with Crippen molar-refractivity contribution in [2.75, 3.05) is 44.2 Å². The molecule has 0 bridgehead atoms. The molecule has 1 aromatic rings. The number of rotatable bonds is 7. The van der Waals surface area contributed by atoms with E-state index in [0.29, 0.717) is 11.6 Å². The number of nitrogens with one attached hydrogen (secondary N) is 1. The van der Waals surface area contributed by atoms with Crippen LogP contribution in [-0.2, 0) is 14.3 Å². The second-order valence-corrected chi connectivity index (χ2v) is 11.5. The van der Waals surface area contributed by atoms with Gasteiger partial charge in [-0.15, -0.1) is 0 Å². The second kappa shape index (κ2) is 11.9.